The van der Waals surface area contributed by atoms with E-state index in [9.17, 15) is 0 Å². The highest BCUT2D eigenvalue weighted by Gasteiger charge is 2.42. The third-order valence-corrected chi connectivity index (χ3v) is 6.08. The van der Waals surface area contributed by atoms with Crippen LogP contribution in [0.25, 0.3) is 0 Å². The number of nitrogens with one attached hydrogen (secondary N) is 1. The molecule has 2 aliphatic rings. The van der Waals surface area contributed by atoms with E-state index in [2.05, 4.69) is 37.9 Å². The number of nitrogens with zero attached hydrogens (tertiary/aromatic N) is 1. The average molecular weight is 295 g/mol. The van der Waals surface area contributed by atoms with Gasteiger partial charge in [0.1, 0.15) is 0 Å². The van der Waals surface area contributed by atoms with E-state index in [-0.39, 0.29) is 0 Å². The van der Waals surface area contributed by atoms with Gasteiger partial charge in [0.2, 0.25) is 0 Å². The quantitative estimate of drug-likeness (QED) is 0.746. The highest BCUT2D eigenvalue weighted by Crippen LogP contribution is 2.34. The Morgan fingerprint density at radius 3 is 2.19 bits per heavy atom. The SMILES string of the molecule is CCC1(CC)CNC(CC(C)C)CN1C1CCCCCC1. The first-order valence-corrected chi connectivity index (χ1v) is 9.61. The number of rotatable bonds is 5. The van der Waals surface area contributed by atoms with Crippen molar-refractivity contribution in [2.75, 3.05) is 13.1 Å². The molecule has 0 aromatic rings. The van der Waals surface area contributed by atoms with Crippen LogP contribution in [0.4, 0.5) is 0 Å². The summed E-state index contributed by atoms with van der Waals surface area (Å²) in [4.78, 5) is 2.96. The molecular formula is C19H38N2. The lowest BCUT2D eigenvalue weighted by atomic mass is 9.83. The summed E-state index contributed by atoms with van der Waals surface area (Å²) in [5.41, 5.74) is 0.419. The Morgan fingerprint density at radius 1 is 1.05 bits per heavy atom. The van der Waals surface area contributed by atoms with Crippen LogP contribution in [0.15, 0.2) is 0 Å². The van der Waals surface area contributed by atoms with Gasteiger partial charge in [-0.25, -0.2) is 0 Å². The molecule has 1 unspecified atom stereocenters. The number of piperazine rings is 1. The van der Waals surface area contributed by atoms with Gasteiger partial charge < -0.3 is 5.32 Å². The molecule has 2 nitrogen and oxygen atoms in total. The van der Waals surface area contributed by atoms with Gasteiger partial charge in [0, 0.05) is 30.7 Å². The number of hydrogen-bond donors (Lipinski definition) is 1. The molecule has 0 spiro atoms. The molecule has 1 atom stereocenters. The summed E-state index contributed by atoms with van der Waals surface area (Å²) in [5.74, 6) is 0.800. The van der Waals surface area contributed by atoms with Crippen LogP contribution in [-0.2, 0) is 0 Å². The van der Waals surface area contributed by atoms with Gasteiger partial charge in [-0.05, 0) is 38.0 Å². The van der Waals surface area contributed by atoms with E-state index in [1.54, 1.807) is 0 Å². The van der Waals surface area contributed by atoms with Gasteiger partial charge in [-0.15, -0.1) is 0 Å². The van der Waals surface area contributed by atoms with E-state index in [1.165, 1.54) is 70.9 Å². The van der Waals surface area contributed by atoms with Crippen molar-refractivity contribution in [3.8, 4) is 0 Å². The molecule has 1 heterocycles. The fourth-order valence-corrected chi connectivity index (χ4v) is 4.67. The molecule has 1 aliphatic heterocycles. The molecule has 0 aromatic carbocycles. The molecule has 1 saturated heterocycles. The van der Waals surface area contributed by atoms with Gasteiger partial charge in [0.15, 0.2) is 0 Å². The third kappa shape index (κ3) is 4.22. The Morgan fingerprint density at radius 2 is 1.67 bits per heavy atom. The van der Waals surface area contributed by atoms with E-state index < -0.39 is 0 Å². The second-order valence-corrected chi connectivity index (χ2v) is 7.94. The zero-order chi connectivity index (χ0) is 15.3. The van der Waals surface area contributed by atoms with Crippen LogP contribution in [0.5, 0.6) is 0 Å². The van der Waals surface area contributed by atoms with E-state index >= 15 is 0 Å². The van der Waals surface area contributed by atoms with Gasteiger partial charge >= 0.3 is 0 Å². The fourth-order valence-electron chi connectivity index (χ4n) is 4.67. The maximum atomic E-state index is 3.89. The van der Waals surface area contributed by atoms with Crippen LogP contribution < -0.4 is 5.32 Å². The Bertz CT molecular complexity index is 288. The highest BCUT2D eigenvalue weighted by molar-refractivity contribution is 5.00. The zero-order valence-electron chi connectivity index (χ0n) is 15.0. The summed E-state index contributed by atoms with van der Waals surface area (Å²) in [6.07, 6.45) is 12.6. The molecule has 1 saturated carbocycles. The van der Waals surface area contributed by atoms with Crippen molar-refractivity contribution in [3.63, 3.8) is 0 Å². The summed E-state index contributed by atoms with van der Waals surface area (Å²) in [7, 11) is 0. The van der Waals surface area contributed by atoms with Gasteiger partial charge in [0.05, 0.1) is 0 Å². The topological polar surface area (TPSA) is 15.3 Å². The Kier molecular flexibility index (Phi) is 6.55. The maximum absolute atomic E-state index is 3.89. The summed E-state index contributed by atoms with van der Waals surface area (Å²) in [5, 5.41) is 3.89. The van der Waals surface area contributed by atoms with Crippen molar-refractivity contribution in [3.05, 3.63) is 0 Å². The van der Waals surface area contributed by atoms with Gasteiger partial charge in [0.25, 0.3) is 0 Å². The second-order valence-electron chi connectivity index (χ2n) is 7.94. The van der Waals surface area contributed by atoms with Crippen LogP contribution in [0, 0.1) is 5.92 Å². The summed E-state index contributed by atoms with van der Waals surface area (Å²) in [6.45, 7) is 12.0. The van der Waals surface area contributed by atoms with Crippen LogP contribution in [0.1, 0.15) is 85.5 Å². The Balaban J connectivity index is 2.11. The van der Waals surface area contributed by atoms with Crippen LogP contribution in [0.2, 0.25) is 0 Å². The standard InChI is InChI=1S/C19H38N2/c1-5-19(6-2)15-20-17(13-16(3)4)14-21(19)18-11-9-7-8-10-12-18/h16-18,20H,5-15H2,1-4H3. The molecule has 2 fully saturated rings. The van der Waals surface area contributed by atoms with Crippen molar-refractivity contribution >= 4 is 0 Å². The lowest BCUT2D eigenvalue weighted by Crippen LogP contribution is -2.66. The molecule has 0 radical (unpaired) electrons. The molecule has 2 rings (SSSR count). The summed E-state index contributed by atoms with van der Waals surface area (Å²) < 4.78 is 0. The van der Waals surface area contributed by atoms with Crippen LogP contribution in [0.3, 0.4) is 0 Å². The molecule has 0 bridgehead atoms. The van der Waals surface area contributed by atoms with Gasteiger partial charge in [-0.1, -0.05) is 53.4 Å². The Labute approximate surface area is 133 Å². The predicted molar refractivity (Wildman–Crippen MR) is 92.8 cm³/mol. The first-order chi connectivity index (χ1) is 10.1. The third-order valence-electron chi connectivity index (χ3n) is 6.08. The van der Waals surface area contributed by atoms with E-state index in [4.69, 9.17) is 0 Å². The normalized spacial score (nSPS) is 28.7. The molecule has 2 heteroatoms. The van der Waals surface area contributed by atoms with E-state index in [0.29, 0.717) is 11.6 Å². The van der Waals surface area contributed by atoms with Crippen molar-refractivity contribution in [1.29, 1.82) is 0 Å². The van der Waals surface area contributed by atoms with Gasteiger partial charge in [-0.3, -0.25) is 4.90 Å². The molecule has 21 heavy (non-hydrogen) atoms. The Hall–Kier alpha value is -0.0800. The minimum Gasteiger partial charge on any atom is -0.311 e. The second kappa shape index (κ2) is 7.97. The lowest BCUT2D eigenvalue weighted by Gasteiger charge is -2.53. The molecule has 0 amide bonds. The summed E-state index contributed by atoms with van der Waals surface area (Å²) in [6, 6.07) is 1.56. The van der Waals surface area contributed by atoms with Crippen molar-refractivity contribution in [2.45, 2.75) is 103 Å². The first-order valence-electron chi connectivity index (χ1n) is 9.61. The monoisotopic (exact) mass is 294 g/mol. The smallest absolute Gasteiger partial charge is 0.0332 e. The minimum absolute atomic E-state index is 0.419. The average Bonchev–Trinajstić information content (AvgIpc) is 2.76. The van der Waals surface area contributed by atoms with Crippen molar-refractivity contribution < 1.29 is 0 Å². The minimum atomic E-state index is 0.419. The predicted octanol–water partition coefficient (Wildman–Crippen LogP) is 4.59. The largest absolute Gasteiger partial charge is 0.311 e. The molecular weight excluding hydrogens is 256 g/mol. The lowest BCUT2D eigenvalue weighted by molar-refractivity contribution is -0.0128. The van der Waals surface area contributed by atoms with E-state index in [1.807, 2.05) is 0 Å². The molecule has 1 N–H and O–H groups in total. The summed E-state index contributed by atoms with van der Waals surface area (Å²) >= 11 is 0. The molecule has 124 valence electrons. The first kappa shape index (κ1) is 17.3. The van der Waals surface area contributed by atoms with Crippen LogP contribution >= 0.6 is 0 Å². The van der Waals surface area contributed by atoms with Gasteiger partial charge in [-0.2, -0.15) is 0 Å². The van der Waals surface area contributed by atoms with Crippen molar-refractivity contribution in [2.24, 2.45) is 5.92 Å². The fraction of sp³-hybridized carbons (Fsp3) is 1.00. The highest BCUT2D eigenvalue weighted by atomic mass is 15.3. The zero-order valence-corrected chi connectivity index (χ0v) is 15.0. The maximum Gasteiger partial charge on any atom is 0.0332 e. The van der Waals surface area contributed by atoms with Crippen LogP contribution in [-0.4, -0.2) is 35.6 Å². The van der Waals surface area contributed by atoms with E-state index in [0.717, 1.165) is 12.0 Å². The van der Waals surface area contributed by atoms with Crippen molar-refractivity contribution in [1.82, 2.24) is 10.2 Å². The molecule has 0 aromatic heterocycles. The molecule has 1 aliphatic carbocycles. The number of hydrogen-bond acceptors (Lipinski definition) is 2.